The van der Waals surface area contributed by atoms with Gasteiger partial charge in [-0.3, -0.25) is 23.4 Å². The number of ether oxygens (including phenoxy) is 1. The van der Waals surface area contributed by atoms with Crippen molar-refractivity contribution < 1.29 is 28.0 Å². The fourth-order valence-corrected chi connectivity index (χ4v) is 5.49. The molecule has 10 nitrogen and oxygen atoms in total. The second-order valence-electron chi connectivity index (χ2n) is 8.57. The van der Waals surface area contributed by atoms with Crippen LogP contribution in [0, 0.1) is 11.8 Å². The number of nitrogens with one attached hydrogen (secondary N) is 1. The lowest BCUT2D eigenvalue weighted by Gasteiger charge is -2.35. The molecule has 0 aliphatic carbocycles. The van der Waals surface area contributed by atoms with Gasteiger partial charge in [-0.1, -0.05) is 37.0 Å². The number of hydrogen-bond acceptors (Lipinski definition) is 8. The van der Waals surface area contributed by atoms with E-state index in [2.05, 4.69) is 16.8 Å². The molecule has 0 amide bonds. The molecule has 2 aliphatic rings. The minimum absolute atomic E-state index is 0.0593. The number of phosphoric acid groups is 1. The van der Waals surface area contributed by atoms with Gasteiger partial charge in [-0.2, -0.15) is 0 Å². The van der Waals surface area contributed by atoms with E-state index in [1.807, 2.05) is 19.1 Å². The van der Waals surface area contributed by atoms with Crippen LogP contribution in [0.2, 0.25) is 0 Å². The highest BCUT2D eigenvalue weighted by molar-refractivity contribution is 7.49. The highest BCUT2D eigenvalue weighted by Crippen LogP contribution is 2.60. The predicted molar refractivity (Wildman–Crippen MR) is 122 cm³/mol. The molecule has 4 rings (SSSR count). The Hall–Kier alpha value is -2.67. The van der Waals surface area contributed by atoms with Crippen LogP contribution in [0.25, 0.3) is 0 Å². The first-order valence-electron chi connectivity index (χ1n) is 11.0. The molecule has 1 saturated heterocycles. The summed E-state index contributed by atoms with van der Waals surface area (Å²) in [5.41, 5.74) is -1.30. The Balaban J connectivity index is 1.42. The van der Waals surface area contributed by atoms with Crippen molar-refractivity contribution in [3.05, 3.63) is 62.4 Å². The third-order valence-electron chi connectivity index (χ3n) is 5.67. The summed E-state index contributed by atoms with van der Waals surface area (Å²) in [5.74, 6) is 5.91. The quantitative estimate of drug-likeness (QED) is 0.372. The zero-order valence-electron chi connectivity index (χ0n) is 19.1. The number of aromatic amines is 1. The third-order valence-corrected chi connectivity index (χ3v) is 7.27. The van der Waals surface area contributed by atoms with E-state index in [4.69, 9.17) is 18.3 Å². The number of aliphatic hydroxyl groups excluding tert-OH is 1. The molecule has 182 valence electrons. The Bertz CT molecular complexity index is 1290. The van der Waals surface area contributed by atoms with Gasteiger partial charge in [-0.05, 0) is 26.3 Å². The normalized spacial score (nSPS) is 27.4. The molecule has 2 aromatic rings. The van der Waals surface area contributed by atoms with E-state index in [-0.39, 0.29) is 31.1 Å². The molecule has 3 heterocycles. The first-order chi connectivity index (χ1) is 16.1. The Labute approximate surface area is 196 Å². The van der Waals surface area contributed by atoms with Crippen molar-refractivity contribution in [2.45, 2.75) is 64.1 Å². The van der Waals surface area contributed by atoms with Gasteiger partial charge in [0.2, 0.25) is 0 Å². The Morgan fingerprint density at radius 2 is 2.09 bits per heavy atom. The van der Waals surface area contributed by atoms with E-state index >= 15 is 0 Å². The number of fused-ring (bicyclic) bond motifs is 1. The molecule has 1 fully saturated rings. The number of hydrogen-bond donors (Lipinski definition) is 2. The lowest BCUT2D eigenvalue weighted by Crippen LogP contribution is -2.33. The number of aromatic nitrogens is 2. The maximum absolute atomic E-state index is 13.0. The van der Waals surface area contributed by atoms with Crippen molar-refractivity contribution in [2.24, 2.45) is 0 Å². The largest absolute Gasteiger partial charge is 0.530 e. The van der Waals surface area contributed by atoms with Crippen molar-refractivity contribution in [3.63, 3.8) is 0 Å². The molecular formula is C23H27N2O8P. The molecule has 11 heteroatoms. The second-order valence-corrected chi connectivity index (χ2v) is 10.1. The van der Waals surface area contributed by atoms with Crippen LogP contribution in [0.5, 0.6) is 5.75 Å². The van der Waals surface area contributed by atoms with Crippen molar-refractivity contribution in [3.8, 4) is 17.6 Å². The molecule has 4 unspecified atom stereocenters. The molecule has 34 heavy (non-hydrogen) atoms. The Morgan fingerprint density at radius 3 is 2.82 bits per heavy atom. The second kappa shape index (κ2) is 9.53. The van der Waals surface area contributed by atoms with Crippen LogP contribution in [-0.2, 0) is 24.0 Å². The zero-order chi connectivity index (χ0) is 24.5. The first kappa shape index (κ1) is 24.5. The van der Waals surface area contributed by atoms with Gasteiger partial charge in [-0.25, -0.2) is 9.36 Å². The number of para-hydroxylation sites is 1. The van der Waals surface area contributed by atoms with Crippen molar-refractivity contribution in [1.29, 1.82) is 0 Å². The molecule has 0 spiro atoms. The van der Waals surface area contributed by atoms with E-state index in [9.17, 15) is 19.3 Å². The van der Waals surface area contributed by atoms with Crippen LogP contribution in [0.15, 0.2) is 40.1 Å². The summed E-state index contributed by atoms with van der Waals surface area (Å²) < 4.78 is 36.4. The molecule has 0 bridgehead atoms. The number of H-pyrrole nitrogens is 1. The molecule has 2 aliphatic heterocycles. The van der Waals surface area contributed by atoms with E-state index < -0.39 is 37.0 Å². The van der Waals surface area contributed by atoms with E-state index in [1.54, 1.807) is 26.0 Å². The van der Waals surface area contributed by atoms with Gasteiger partial charge in [0.05, 0.1) is 18.8 Å². The maximum atomic E-state index is 13.0. The van der Waals surface area contributed by atoms with Gasteiger partial charge in [0.1, 0.15) is 23.1 Å². The highest BCUT2D eigenvalue weighted by atomic mass is 31.2. The van der Waals surface area contributed by atoms with Crippen LogP contribution in [0.4, 0.5) is 0 Å². The van der Waals surface area contributed by atoms with Gasteiger partial charge >= 0.3 is 13.5 Å². The Morgan fingerprint density at radius 1 is 1.32 bits per heavy atom. The van der Waals surface area contributed by atoms with Gasteiger partial charge in [0.25, 0.3) is 5.56 Å². The summed E-state index contributed by atoms with van der Waals surface area (Å²) in [5, 5.41) is 10.1. The summed E-state index contributed by atoms with van der Waals surface area (Å²) in [7, 11) is -3.85. The SMILES string of the molecule is CCC1OC(n2cc(C#CCCOP3(=O)Oc4ccccc4C(C)(C)O3)c(=O)[nH]c2=O)CC1O. The molecule has 4 atom stereocenters. The summed E-state index contributed by atoms with van der Waals surface area (Å²) in [6.45, 7) is 5.38. The lowest BCUT2D eigenvalue weighted by molar-refractivity contribution is -0.0218. The van der Waals surface area contributed by atoms with Crippen molar-refractivity contribution in [1.82, 2.24) is 9.55 Å². The third kappa shape index (κ3) is 5.04. The standard InChI is InChI=1S/C23H27N2O8P/c1-4-18-17(26)13-20(31-18)25-14-15(21(27)24-22(25)28)9-7-8-12-30-34(29)32-19-11-6-5-10-16(19)23(2,3)33-34/h5-6,10-11,14,17-18,20,26H,4,8,12-13H2,1-3H3,(H,24,27,28). The van der Waals surface area contributed by atoms with E-state index in [1.165, 1.54) is 10.8 Å². The lowest BCUT2D eigenvalue weighted by atomic mass is 9.98. The minimum atomic E-state index is -3.85. The number of aliphatic hydroxyl groups is 1. The average Bonchev–Trinajstić information content (AvgIpc) is 3.14. The molecule has 1 aromatic carbocycles. The topological polar surface area (TPSA) is 129 Å². The fraction of sp³-hybridized carbons (Fsp3) is 0.478. The minimum Gasteiger partial charge on any atom is -0.404 e. The molecule has 2 N–H and O–H groups in total. The molecule has 0 radical (unpaired) electrons. The molecule has 0 saturated carbocycles. The number of benzene rings is 1. The van der Waals surface area contributed by atoms with Crippen molar-refractivity contribution >= 4 is 7.82 Å². The van der Waals surface area contributed by atoms with Gasteiger partial charge in [0.15, 0.2) is 0 Å². The van der Waals surface area contributed by atoms with Crippen LogP contribution in [0.3, 0.4) is 0 Å². The van der Waals surface area contributed by atoms with Gasteiger partial charge in [-0.15, -0.1) is 0 Å². The monoisotopic (exact) mass is 490 g/mol. The zero-order valence-corrected chi connectivity index (χ0v) is 20.0. The summed E-state index contributed by atoms with van der Waals surface area (Å²) >= 11 is 0. The van der Waals surface area contributed by atoms with Crippen LogP contribution < -0.4 is 15.8 Å². The van der Waals surface area contributed by atoms with Crippen LogP contribution in [0.1, 0.15) is 57.4 Å². The van der Waals surface area contributed by atoms with E-state index in [0.717, 1.165) is 5.56 Å². The number of phosphoric ester groups is 1. The summed E-state index contributed by atoms with van der Waals surface area (Å²) in [6.07, 6.45) is 0.532. The fourth-order valence-electron chi connectivity index (χ4n) is 3.97. The first-order valence-corrected chi connectivity index (χ1v) is 12.5. The smallest absolute Gasteiger partial charge is 0.404 e. The highest BCUT2D eigenvalue weighted by Gasteiger charge is 2.44. The average molecular weight is 490 g/mol. The molecular weight excluding hydrogens is 463 g/mol. The number of nitrogens with zero attached hydrogens (tertiary/aromatic N) is 1. The predicted octanol–water partition coefficient (Wildman–Crippen LogP) is 2.81. The van der Waals surface area contributed by atoms with Crippen LogP contribution >= 0.6 is 7.82 Å². The van der Waals surface area contributed by atoms with Crippen LogP contribution in [-0.4, -0.2) is 33.5 Å². The molecule has 1 aromatic heterocycles. The number of rotatable bonds is 5. The maximum Gasteiger partial charge on any atom is 0.530 e. The Kier molecular flexibility index (Phi) is 6.85. The van der Waals surface area contributed by atoms with Gasteiger partial charge in [0, 0.05) is 24.6 Å². The summed E-state index contributed by atoms with van der Waals surface area (Å²) in [6, 6.07) is 7.15. The van der Waals surface area contributed by atoms with Crippen molar-refractivity contribution in [2.75, 3.05) is 6.61 Å². The van der Waals surface area contributed by atoms with E-state index in [0.29, 0.717) is 12.2 Å². The van der Waals surface area contributed by atoms with Gasteiger partial charge < -0.3 is 14.4 Å². The summed E-state index contributed by atoms with van der Waals surface area (Å²) in [4.78, 5) is 26.6.